The smallest absolute Gasteiger partial charge is 0.0757 e. The van der Waals surface area contributed by atoms with Crippen molar-refractivity contribution in [2.75, 3.05) is 20.8 Å². The van der Waals surface area contributed by atoms with E-state index in [1.165, 1.54) is 16.7 Å². The van der Waals surface area contributed by atoms with Gasteiger partial charge in [-0.1, -0.05) is 29.3 Å². The van der Waals surface area contributed by atoms with Gasteiger partial charge in [0.15, 0.2) is 0 Å². The molecule has 0 radical (unpaired) electrons. The number of rotatable bonds is 6. The molecule has 0 saturated carbocycles. The predicted octanol–water partition coefficient (Wildman–Crippen LogP) is 3.22. The molecule has 2 rings (SSSR count). The van der Waals surface area contributed by atoms with E-state index in [4.69, 9.17) is 4.74 Å². The maximum absolute atomic E-state index is 5.17. The van der Waals surface area contributed by atoms with Crippen LogP contribution in [0.1, 0.15) is 28.4 Å². The molecule has 1 heterocycles. The van der Waals surface area contributed by atoms with Crippen LogP contribution in [0.15, 0.2) is 28.9 Å². The molecule has 1 atom stereocenters. The summed E-state index contributed by atoms with van der Waals surface area (Å²) in [7, 11) is 3.68. The van der Waals surface area contributed by atoms with E-state index in [2.05, 4.69) is 58.4 Å². The van der Waals surface area contributed by atoms with Crippen molar-refractivity contribution in [3.05, 3.63) is 51.3 Å². The Morgan fingerprint density at radius 3 is 2.52 bits per heavy atom. The Bertz CT molecular complexity index is 589. The molecular formula is C16H22BrN3O. The largest absolute Gasteiger partial charge is 0.383 e. The van der Waals surface area contributed by atoms with E-state index in [1.807, 2.05) is 17.9 Å². The van der Waals surface area contributed by atoms with Gasteiger partial charge in [-0.25, -0.2) is 0 Å². The first kappa shape index (κ1) is 16.2. The number of benzene rings is 1. The van der Waals surface area contributed by atoms with Gasteiger partial charge in [-0.3, -0.25) is 4.68 Å². The second kappa shape index (κ2) is 7.20. The Hall–Kier alpha value is -1.17. The van der Waals surface area contributed by atoms with Crippen molar-refractivity contribution in [1.29, 1.82) is 0 Å². The van der Waals surface area contributed by atoms with E-state index < -0.39 is 0 Å². The van der Waals surface area contributed by atoms with Crippen molar-refractivity contribution < 1.29 is 4.74 Å². The van der Waals surface area contributed by atoms with Crippen molar-refractivity contribution in [3.63, 3.8) is 0 Å². The summed E-state index contributed by atoms with van der Waals surface area (Å²) in [6, 6.07) is 6.72. The molecule has 4 nitrogen and oxygen atoms in total. The summed E-state index contributed by atoms with van der Waals surface area (Å²) in [6.07, 6.45) is 1.85. The molecule has 1 unspecified atom stereocenters. The molecule has 0 bridgehead atoms. The minimum atomic E-state index is 0.0948. The average molecular weight is 352 g/mol. The lowest BCUT2D eigenvalue weighted by atomic mass is 9.99. The second-order valence-electron chi connectivity index (χ2n) is 5.24. The molecular weight excluding hydrogens is 330 g/mol. The Morgan fingerprint density at radius 1 is 1.29 bits per heavy atom. The standard InChI is InChI=1S/C16H22BrN3O/c1-11-7-12(2)9-13(8-11)15(18-3)16-14(17)10-19-20(16)5-6-21-4/h7-10,15,18H,5-6H2,1-4H3. The number of nitrogens with one attached hydrogen (secondary N) is 1. The minimum Gasteiger partial charge on any atom is -0.383 e. The summed E-state index contributed by atoms with van der Waals surface area (Å²) >= 11 is 3.62. The van der Waals surface area contributed by atoms with Crippen molar-refractivity contribution >= 4 is 15.9 Å². The van der Waals surface area contributed by atoms with Crippen molar-refractivity contribution in [3.8, 4) is 0 Å². The lowest BCUT2D eigenvalue weighted by Crippen LogP contribution is -2.23. The first-order valence-electron chi connectivity index (χ1n) is 7.02. The van der Waals surface area contributed by atoms with Gasteiger partial charge >= 0.3 is 0 Å². The maximum Gasteiger partial charge on any atom is 0.0757 e. The van der Waals surface area contributed by atoms with Crippen LogP contribution in [0.2, 0.25) is 0 Å². The Labute approximate surface area is 134 Å². The van der Waals surface area contributed by atoms with Crippen LogP contribution in [0.4, 0.5) is 0 Å². The lowest BCUT2D eigenvalue weighted by Gasteiger charge is -2.20. The van der Waals surface area contributed by atoms with Crippen molar-refractivity contribution in [2.24, 2.45) is 0 Å². The van der Waals surface area contributed by atoms with Crippen molar-refractivity contribution in [2.45, 2.75) is 26.4 Å². The monoisotopic (exact) mass is 351 g/mol. The van der Waals surface area contributed by atoms with Gasteiger partial charge in [0.1, 0.15) is 0 Å². The highest BCUT2D eigenvalue weighted by molar-refractivity contribution is 9.10. The van der Waals surface area contributed by atoms with Gasteiger partial charge in [0, 0.05) is 7.11 Å². The molecule has 0 aliphatic heterocycles. The van der Waals surface area contributed by atoms with Gasteiger partial charge in [-0.05, 0) is 42.4 Å². The number of aryl methyl sites for hydroxylation is 2. The Morgan fingerprint density at radius 2 is 1.95 bits per heavy atom. The summed E-state index contributed by atoms with van der Waals surface area (Å²) in [5, 5.41) is 7.84. The summed E-state index contributed by atoms with van der Waals surface area (Å²) < 4.78 is 8.17. The number of nitrogens with zero attached hydrogens (tertiary/aromatic N) is 2. The molecule has 0 aliphatic rings. The first-order chi connectivity index (χ1) is 10.1. The average Bonchev–Trinajstić information content (AvgIpc) is 2.78. The van der Waals surface area contributed by atoms with Crippen LogP contribution in [-0.4, -0.2) is 30.5 Å². The van der Waals surface area contributed by atoms with Crippen LogP contribution in [0.25, 0.3) is 0 Å². The first-order valence-corrected chi connectivity index (χ1v) is 7.81. The minimum absolute atomic E-state index is 0.0948. The number of methoxy groups -OCH3 is 1. The molecule has 0 saturated heterocycles. The molecule has 1 aromatic heterocycles. The van der Waals surface area contributed by atoms with E-state index in [0.29, 0.717) is 6.61 Å². The summed E-state index contributed by atoms with van der Waals surface area (Å²) in [4.78, 5) is 0. The molecule has 2 aromatic rings. The molecule has 1 N–H and O–H groups in total. The van der Waals surface area contributed by atoms with E-state index >= 15 is 0 Å². The quantitative estimate of drug-likeness (QED) is 0.868. The van der Waals surface area contributed by atoms with E-state index in [1.54, 1.807) is 7.11 Å². The van der Waals surface area contributed by atoms with Crippen LogP contribution in [-0.2, 0) is 11.3 Å². The van der Waals surface area contributed by atoms with Crippen LogP contribution in [0.5, 0.6) is 0 Å². The predicted molar refractivity (Wildman–Crippen MR) is 88.6 cm³/mol. The van der Waals surface area contributed by atoms with Crippen LogP contribution in [0, 0.1) is 13.8 Å². The van der Waals surface area contributed by atoms with Crippen LogP contribution >= 0.6 is 15.9 Å². The SMILES string of the molecule is CNC(c1cc(C)cc(C)c1)c1c(Br)cnn1CCOC. The normalized spacial score (nSPS) is 12.6. The zero-order valence-electron chi connectivity index (χ0n) is 13.0. The van der Waals surface area contributed by atoms with Crippen molar-refractivity contribution in [1.82, 2.24) is 15.1 Å². The third-order valence-corrected chi connectivity index (χ3v) is 4.09. The highest BCUT2D eigenvalue weighted by Crippen LogP contribution is 2.29. The number of ether oxygens (including phenoxy) is 1. The van der Waals surface area contributed by atoms with Gasteiger partial charge < -0.3 is 10.1 Å². The molecule has 5 heteroatoms. The highest BCUT2D eigenvalue weighted by atomic mass is 79.9. The van der Waals surface area contributed by atoms with E-state index in [-0.39, 0.29) is 6.04 Å². The van der Waals surface area contributed by atoms with Gasteiger partial charge in [-0.15, -0.1) is 0 Å². The summed E-state index contributed by atoms with van der Waals surface area (Å²) in [5.41, 5.74) is 4.91. The number of hydrogen-bond acceptors (Lipinski definition) is 3. The molecule has 114 valence electrons. The zero-order chi connectivity index (χ0) is 15.4. The molecule has 21 heavy (non-hydrogen) atoms. The number of aromatic nitrogens is 2. The van der Waals surface area contributed by atoms with Gasteiger partial charge in [0.05, 0.1) is 35.6 Å². The summed E-state index contributed by atoms with van der Waals surface area (Å²) in [6.45, 7) is 5.63. The van der Waals surface area contributed by atoms with Gasteiger partial charge in [0.2, 0.25) is 0 Å². The Kier molecular flexibility index (Phi) is 5.56. The third kappa shape index (κ3) is 3.73. The topological polar surface area (TPSA) is 39.1 Å². The maximum atomic E-state index is 5.17. The summed E-state index contributed by atoms with van der Waals surface area (Å²) in [5.74, 6) is 0. The molecule has 1 aromatic carbocycles. The van der Waals surface area contributed by atoms with Gasteiger partial charge in [-0.2, -0.15) is 5.10 Å². The fraction of sp³-hybridized carbons (Fsp3) is 0.438. The Balaban J connectivity index is 2.43. The fourth-order valence-electron chi connectivity index (χ4n) is 2.65. The molecule has 0 spiro atoms. The fourth-order valence-corrected chi connectivity index (χ4v) is 3.18. The van der Waals surface area contributed by atoms with Crippen LogP contribution in [0.3, 0.4) is 0 Å². The second-order valence-corrected chi connectivity index (χ2v) is 6.09. The number of hydrogen-bond donors (Lipinski definition) is 1. The van der Waals surface area contributed by atoms with Crippen LogP contribution < -0.4 is 5.32 Å². The van der Waals surface area contributed by atoms with E-state index in [9.17, 15) is 0 Å². The zero-order valence-corrected chi connectivity index (χ0v) is 14.6. The number of halogens is 1. The highest BCUT2D eigenvalue weighted by Gasteiger charge is 2.20. The third-order valence-electron chi connectivity index (χ3n) is 3.48. The molecule has 0 amide bonds. The molecule has 0 fully saturated rings. The van der Waals surface area contributed by atoms with E-state index in [0.717, 1.165) is 16.7 Å². The van der Waals surface area contributed by atoms with Gasteiger partial charge in [0.25, 0.3) is 0 Å². The molecule has 0 aliphatic carbocycles. The lowest BCUT2D eigenvalue weighted by molar-refractivity contribution is 0.182.